The molecule has 3 rings (SSSR count). The number of aryl methyl sites for hydroxylation is 2. The number of anilines is 1. The van der Waals surface area contributed by atoms with Crippen LogP contribution in [0.3, 0.4) is 0 Å². The highest BCUT2D eigenvalue weighted by Crippen LogP contribution is 2.22. The molecule has 8 heteroatoms. The van der Waals surface area contributed by atoms with Crippen molar-refractivity contribution in [3.05, 3.63) is 42.2 Å². The van der Waals surface area contributed by atoms with Crippen molar-refractivity contribution in [3.8, 4) is 0 Å². The van der Waals surface area contributed by atoms with Crippen molar-refractivity contribution in [2.45, 2.75) is 43.4 Å². The van der Waals surface area contributed by atoms with Crippen LogP contribution in [0.2, 0.25) is 0 Å². The Bertz CT molecular complexity index is 867. The van der Waals surface area contributed by atoms with E-state index in [1.807, 2.05) is 13.2 Å². The first-order valence-electron chi connectivity index (χ1n) is 9.33. The summed E-state index contributed by atoms with van der Waals surface area (Å²) in [6.45, 7) is 1.16. The highest BCUT2D eigenvalue weighted by molar-refractivity contribution is 7.89. The van der Waals surface area contributed by atoms with E-state index in [9.17, 15) is 13.2 Å². The van der Waals surface area contributed by atoms with Crippen LogP contribution in [0.25, 0.3) is 0 Å². The maximum absolute atomic E-state index is 12.8. The van der Waals surface area contributed by atoms with E-state index in [4.69, 9.17) is 0 Å². The Labute approximate surface area is 160 Å². The number of hydrogen-bond acceptors (Lipinski definition) is 4. The molecule has 1 aliphatic heterocycles. The maximum Gasteiger partial charge on any atom is 0.243 e. The van der Waals surface area contributed by atoms with Crippen LogP contribution in [0.4, 0.5) is 5.69 Å². The molecule has 146 valence electrons. The molecular weight excluding hydrogens is 364 g/mol. The standard InChI is InChI=1S/C19H26N4O3S/c1-22-15-16(14-20-22)6-11-19(24)21-17-7-9-18(10-8-17)27(25,26)23-12-4-2-3-5-13-23/h7-10,14-15H,2-6,11-13H2,1H3,(H,21,24). The number of aromatic nitrogens is 2. The van der Waals surface area contributed by atoms with E-state index in [-0.39, 0.29) is 10.8 Å². The molecule has 1 amide bonds. The summed E-state index contributed by atoms with van der Waals surface area (Å²) in [7, 11) is -1.63. The van der Waals surface area contributed by atoms with Gasteiger partial charge in [0, 0.05) is 38.4 Å². The zero-order valence-corrected chi connectivity index (χ0v) is 16.4. The fourth-order valence-corrected chi connectivity index (χ4v) is 4.74. The van der Waals surface area contributed by atoms with Crippen LogP contribution in [0.1, 0.15) is 37.7 Å². The Hall–Kier alpha value is -2.19. The van der Waals surface area contributed by atoms with Gasteiger partial charge in [-0.25, -0.2) is 8.42 Å². The van der Waals surface area contributed by atoms with Gasteiger partial charge >= 0.3 is 0 Å². The van der Waals surface area contributed by atoms with E-state index >= 15 is 0 Å². The van der Waals surface area contributed by atoms with Crippen molar-refractivity contribution < 1.29 is 13.2 Å². The molecule has 0 radical (unpaired) electrons. The zero-order valence-electron chi connectivity index (χ0n) is 15.6. The molecular formula is C19H26N4O3S. The lowest BCUT2D eigenvalue weighted by molar-refractivity contribution is -0.116. The molecule has 0 saturated carbocycles. The summed E-state index contributed by atoms with van der Waals surface area (Å²) in [5, 5.41) is 6.89. The third-order valence-corrected chi connectivity index (χ3v) is 6.65. The number of benzene rings is 1. The lowest BCUT2D eigenvalue weighted by atomic mass is 10.2. The van der Waals surface area contributed by atoms with E-state index in [2.05, 4.69) is 10.4 Å². The van der Waals surface area contributed by atoms with Gasteiger partial charge in [0.2, 0.25) is 15.9 Å². The number of carbonyl (C=O) groups is 1. The highest BCUT2D eigenvalue weighted by Gasteiger charge is 2.24. The van der Waals surface area contributed by atoms with E-state index in [0.29, 0.717) is 31.6 Å². The van der Waals surface area contributed by atoms with Crippen molar-refractivity contribution in [2.75, 3.05) is 18.4 Å². The van der Waals surface area contributed by atoms with Crippen LogP contribution in [-0.4, -0.2) is 41.5 Å². The van der Waals surface area contributed by atoms with Crippen molar-refractivity contribution >= 4 is 21.6 Å². The van der Waals surface area contributed by atoms with Gasteiger partial charge in [-0.2, -0.15) is 9.40 Å². The lowest BCUT2D eigenvalue weighted by Gasteiger charge is -2.20. The second kappa shape index (κ2) is 8.67. The summed E-state index contributed by atoms with van der Waals surface area (Å²) in [5.74, 6) is -0.109. The molecule has 1 N–H and O–H groups in total. The van der Waals surface area contributed by atoms with Crippen molar-refractivity contribution in [1.29, 1.82) is 0 Å². The Morgan fingerprint density at radius 2 is 1.78 bits per heavy atom. The van der Waals surface area contributed by atoms with Gasteiger partial charge in [-0.3, -0.25) is 9.48 Å². The molecule has 1 aromatic carbocycles. The third-order valence-electron chi connectivity index (χ3n) is 4.74. The third kappa shape index (κ3) is 5.17. The van der Waals surface area contributed by atoms with Gasteiger partial charge in [-0.1, -0.05) is 12.8 Å². The van der Waals surface area contributed by atoms with Crippen LogP contribution < -0.4 is 5.32 Å². The van der Waals surface area contributed by atoms with E-state index < -0.39 is 10.0 Å². The molecule has 1 aromatic heterocycles. The van der Waals surface area contributed by atoms with Crippen LogP contribution >= 0.6 is 0 Å². The van der Waals surface area contributed by atoms with Crippen LogP contribution in [0.5, 0.6) is 0 Å². The van der Waals surface area contributed by atoms with Crippen LogP contribution in [-0.2, 0) is 28.3 Å². The molecule has 0 spiro atoms. The first kappa shape index (κ1) is 19.6. The summed E-state index contributed by atoms with van der Waals surface area (Å²) in [6, 6.07) is 6.42. The number of nitrogens with zero attached hydrogens (tertiary/aromatic N) is 3. The van der Waals surface area contributed by atoms with Gasteiger partial charge in [-0.05, 0) is 49.1 Å². The highest BCUT2D eigenvalue weighted by atomic mass is 32.2. The predicted octanol–water partition coefficient (Wildman–Crippen LogP) is 2.56. The Kier molecular flexibility index (Phi) is 6.28. The summed E-state index contributed by atoms with van der Waals surface area (Å²) >= 11 is 0. The molecule has 7 nitrogen and oxygen atoms in total. The molecule has 0 unspecified atom stereocenters. The monoisotopic (exact) mass is 390 g/mol. The molecule has 1 aliphatic rings. The molecule has 0 aliphatic carbocycles. The molecule has 2 heterocycles. The summed E-state index contributed by atoms with van der Waals surface area (Å²) < 4.78 is 28.8. The van der Waals surface area contributed by atoms with Crippen molar-refractivity contribution in [2.24, 2.45) is 7.05 Å². The first-order valence-corrected chi connectivity index (χ1v) is 10.8. The van der Waals surface area contributed by atoms with Gasteiger partial charge in [0.15, 0.2) is 0 Å². The second-order valence-corrected chi connectivity index (χ2v) is 8.85. The normalized spacial score (nSPS) is 16.0. The number of carbonyl (C=O) groups excluding carboxylic acids is 1. The number of hydrogen-bond donors (Lipinski definition) is 1. The molecule has 0 atom stereocenters. The second-order valence-electron chi connectivity index (χ2n) is 6.91. The summed E-state index contributed by atoms with van der Waals surface area (Å²) in [4.78, 5) is 12.4. The number of nitrogens with one attached hydrogen (secondary N) is 1. The minimum atomic E-state index is -3.46. The first-order chi connectivity index (χ1) is 12.9. The van der Waals surface area contributed by atoms with Gasteiger partial charge in [0.25, 0.3) is 0 Å². The molecule has 27 heavy (non-hydrogen) atoms. The number of sulfonamides is 1. The largest absolute Gasteiger partial charge is 0.326 e. The molecule has 1 saturated heterocycles. The van der Waals surface area contributed by atoms with E-state index in [0.717, 1.165) is 31.2 Å². The van der Waals surface area contributed by atoms with Crippen LogP contribution in [0, 0.1) is 0 Å². The molecule has 0 bridgehead atoms. The number of amides is 1. The van der Waals surface area contributed by atoms with Gasteiger partial charge in [0.1, 0.15) is 0 Å². The van der Waals surface area contributed by atoms with E-state index in [1.165, 1.54) is 0 Å². The Balaban J connectivity index is 1.58. The predicted molar refractivity (Wildman–Crippen MR) is 104 cm³/mol. The minimum absolute atomic E-state index is 0.109. The topological polar surface area (TPSA) is 84.3 Å². The number of rotatable bonds is 6. The maximum atomic E-state index is 12.8. The van der Waals surface area contributed by atoms with Gasteiger partial charge in [0.05, 0.1) is 11.1 Å². The van der Waals surface area contributed by atoms with Gasteiger partial charge < -0.3 is 5.32 Å². The Morgan fingerprint density at radius 3 is 2.37 bits per heavy atom. The average molecular weight is 391 g/mol. The summed E-state index contributed by atoms with van der Waals surface area (Å²) in [5.41, 5.74) is 1.60. The fraction of sp³-hybridized carbons (Fsp3) is 0.474. The quantitative estimate of drug-likeness (QED) is 0.822. The van der Waals surface area contributed by atoms with E-state index in [1.54, 1.807) is 39.4 Å². The summed E-state index contributed by atoms with van der Waals surface area (Å²) in [6.07, 6.45) is 8.56. The minimum Gasteiger partial charge on any atom is -0.326 e. The SMILES string of the molecule is Cn1cc(CCC(=O)Nc2ccc(S(=O)(=O)N3CCCCCC3)cc2)cn1. The van der Waals surface area contributed by atoms with Crippen LogP contribution in [0.15, 0.2) is 41.6 Å². The van der Waals surface area contributed by atoms with Crippen molar-refractivity contribution in [1.82, 2.24) is 14.1 Å². The molecule has 1 fully saturated rings. The zero-order chi connectivity index (χ0) is 19.3. The van der Waals surface area contributed by atoms with Crippen molar-refractivity contribution in [3.63, 3.8) is 0 Å². The average Bonchev–Trinajstić information content (AvgIpc) is 2.89. The fourth-order valence-electron chi connectivity index (χ4n) is 3.22. The molecule has 2 aromatic rings. The lowest BCUT2D eigenvalue weighted by Crippen LogP contribution is -2.31. The smallest absolute Gasteiger partial charge is 0.243 e. The van der Waals surface area contributed by atoms with Gasteiger partial charge in [-0.15, -0.1) is 0 Å². The Morgan fingerprint density at radius 1 is 1.11 bits per heavy atom.